The van der Waals surface area contributed by atoms with E-state index in [2.05, 4.69) is 0 Å². The molecule has 0 spiro atoms. The summed E-state index contributed by atoms with van der Waals surface area (Å²) in [7, 11) is -1.75. The third kappa shape index (κ3) is 4.36. The average Bonchev–Trinajstić information content (AvgIpc) is 3.40. The summed E-state index contributed by atoms with van der Waals surface area (Å²) in [6.45, 7) is 3.16. The van der Waals surface area contributed by atoms with E-state index in [9.17, 15) is 13.2 Å². The van der Waals surface area contributed by atoms with Crippen molar-refractivity contribution in [1.82, 2.24) is 9.21 Å². The number of carbonyl (C=O) groups excluding carboxylic acids is 1. The van der Waals surface area contributed by atoms with Crippen LogP contribution in [0, 0.1) is 0 Å². The number of ether oxygens (including phenoxy) is 2. The van der Waals surface area contributed by atoms with Gasteiger partial charge in [-0.25, -0.2) is 8.42 Å². The third-order valence-electron chi connectivity index (χ3n) is 4.78. The van der Waals surface area contributed by atoms with Crippen LogP contribution in [0.15, 0.2) is 18.2 Å². The molecule has 8 heteroatoms. The van der Waals surface area contributed by atoms with Crippen LogP contribution in [-0.4, -0.2) is 62.2 Å². The predicted molar refractivity (Wildman–Crippen MR) is 97.2 cm³/mol. The first-order chi connectivity index (χ1) is 12.3. The fraction of sp³-hybridized carbons (Fsp3) is 0.611. The Morgan fingerprint density at radius 2 is 2.12 bits per heavy atom. The second-order valence-corrected chi connectivity index (χ2v) is 9.03. The minimum atomic E-state index is -3.25. The molecule has 1 aliphatic carbocycles. The van der Waals surface area contributed by atoms with Gasteiger partial charge in [-0.05, 0) is 37.5 Å². The smallest absolute Gasteiger partial charge is 0.249 e. The maximum Gasteiger partial charge on any atom is 0.249 e. The third-order valence-corrected chi connectivity index (χ3v) is 6.06. The molecule has 0 radical (unpaired) electrons. The summed E-state index contributed by atoms with van der Waals surface area (Å²) in [5.74, 6) is 0.656. The Balaban J connectivity index is 1.83. The van der Waals surface area contributed by atoms with E-state index in [0.29, 0.717) is 19.7 Å². The van der Waals surface area contributed by atoms with Gasteiger partial charge in [0.05, 0.1) is 12.3 Å². The van der Waals surface area contributed by atoms with Crippen LogP contribution in [0.4, 0.5) is 0 Å². The van der Waals surface area contributed by atoms with Crippen molar-refractivity contribution in [1.29, 1.82) is 0 Å². The normalized spacial score (nSPS) is 20.5. The molecule has 1 fully saturated rings. The molecule has 26 heavy (non-hydrogen) atoms. The van der Waals surface area contributed by atoms with Gasteiger partial charge in [0, 0.05) is 31.8 Å². The number of carbonyl (C=O) groups is 1. The van der Waals surface area contributed by atoms with Crippen molar-refractivity contribution in [2.45, 2.75) is 44.9 Å². The monoisotopic (exact) mass is 382 g/mol. The first-order valence-corrected chi connectivity index (χ1v) is 10.6. The molecule has 2 aliphatic rings. The maximum atomic E-state index is 12.3. The van der Waals surface area contributed by atoms with Gasteiger partial charge in [0.1, 0.15) is 19.0 Å². The Morgan fingerprint density at radius 3 is 2.73 bits per heavy atom. The van der Waals surface area contributed by atoms with E-state index in [-0.39, 0.29) is 24.6 Å². The van der Waals surface area contributed by atoms with Crippen molar-refractivity contribution in [3.8, 4) is 5.75 Å². The number of nitrogens with zero attached hydrogens (tertiary/aromatic N) is 2. The number of fused-ring (bicyclic) bond motifs is 1. The number of benzene rings is 1. The highest BCUT2D eigenvalue weighted by molar-refractivity contribution is 7.88. The lowest BCUT2D eigenvalue weighted by molar-refractivity contribution is -0.138. The molecule has 1 amide bonds. The van der Waals surface area contributed by atoms with E-state index < -0.39 is 10.0 Å². The van der Waals surface area contributed by atoms with Crippen LogP contribution in [0.2, 0.25) is 0 Å². The second-order valence-electron chi connectivity index (χ2n) is 7.10. The van der Waals surface area contributed by atoms with Gasteiger partial charge in [0.2, 0.25) is 15.9 Å². The molecule has 144 valence electrons. The molecule has 1 aromatic rings. The lowest BCUT2D eigenvalue weighted by Gasteiger charge is -2.26. The standard InChI is InChI=1S/C18H26N2O5S/c1-13-11-25-17-7-4-14(9-20(16-5-6-16)26(3,22)23)8-15(17)10-19(13)18(21)12-24-2/h4,7-8,13,16H,5-6,9-12H2,1-3H3/t13-/m0/s1. The Morgan fingerprint density at radius 1 is 1.38 bits per heavy atom. The van der Waals surface area contributed by atoms with E-state index in [0.717, 1.165) is 29.7 Å². The second kappa shape index (κ2) is 7.54. The van der Waals surface area contributed by atoms with E-state index >= 15 is 0 Å². The van der Waals surface area contributed by atoms with E-state index in [1.807, 2.05) is 25.1 Å². The van der Waals surface area contributed by atoms with Gasteiger partial charge in [-0.3, -0.25) is 4.79 Å². The fourth-order valence-electron chi connectivity index (χ4n) is 3.24. The maximum absolute atomic E-state index is 12.3. The highest BCUT2D eigenvalue weighted by Gasteiger charge is 2.35. The predicted octanol–water partition coefficient (Wildman–Crippen LogP) is 1.37. The van der Waals surface area contributed by atoms with E-state index in [4.69, 9.17) is 9.47 Å². The highest BCUT2D eigenvalue weighted by atomic mass is 32.2. The number of sulfonamides is 1. The molecule has 0 saturated heterocycles. The summed E-state index contributed by atoms with van der Waals surface area (Å²) in [6.07, 6.45) is 3.08. The number of amides is 1. The Bertz CT molecular complexity index is 776. The zero-order chi connectivity index (χ0) is 18.9. The first kappa shape index (κ1) is 19.1. The van der Waals surface area contributed by atoms with Gasteiger partial charge >= 0.3 is 0 Å². The van der Waals surface area contributed by atoms with Gasteiger partial charge in [-0.1, -0.05) is 6.07 Å². The van der Waals surface area contributed by atoms with Gasteiger partial charge in [0.25, 0.3) is 0 Å². The number of rotatable bonds is 6. The zero-order valence-corrected chi connectivity index (χ0v) is 16.3. The zero-order valence-electron chi connectivity index (χ0n) is 15.5. The van der Waals surface area contributed by atoms with E-state index in [1.54, 1.807) is 9.21 Å². The molecule has 7 nitrogen and oxygen atoms in total. The molecule has 0 unspecified atom stereocenters. The summed E-state index contributed by atoms with van der Waals surface area (Å²) >= 11 is 0. The average molecular weight is 382 g/mol. The lowest BCUT2D eigenvalue weighted by atomic mass is 10.1. The first-order valence-electron chi connectivity index (χ1n) is 8.79. The molecule has 1 aromatic carbocycles. The fourth-order valence-corrected chi connectivity index (χ4v) is 4.37. The van der Waals surface area contributed by atoms with Crippen molar-refractivity contribution in [2.75, 3.05) is 26.6 Å². The minimum Gasteiger partial charge on any atom is -0.491 e. The topological polar surface area (TPSA) is 76.2 Å². The van der Waals surface area contributed by atoms with Crippen LogP contribution in [0.3, 0.4) is 0 Å². The molecule has 1 heterocycles. The van der Waals surface area contributed by atoms with Crippen LogP contribution < -0.4 is 4.74 Å². The number of hydrogen-bond acceptors (Lipinski definition) is 5. The molecule has 1 saturated carbocycles. The number of hydrogen-bond donors (Lipinski definition) is 0. The van der Waals surface area contributed by atoms with Crippen molar-refractivity contribution < 1.29 is 22.7 Å². The molecular formula is C18H26N2O5S. The Hall–Kier alpha value is -1.64. The van der Waals surface area contributed by atoms with Crippen LogP contribution in [-0.2, 0) is 32.6 Å². The van der Waals surface area contributed by atoms with Gasteiger partial charge in [-0.15, -0.1) is 0 Å². The van der Waals surface area contributed by atoms with Crippen molar-refractivity contribution in [3.63, 3.8) is 0 Å². The van der Waals surface area contributed by atoms with Crippen LogP contribution in [0.25, 0.3) is 0 Å². The summed E-state index contributed by atoms with van der Waals surface area (Å²) in [5.41, 5.74) is 1.79. The Kier molecular flexibility index (Phi) is 5.55. The van der Waals surface area contributed by atoms with Gasteiger partial charge in [-0.2, -0.15) is 4.31 Å². The molecule has 3 rings (SSSR count). The Labute approximate surface area is 154 Å². The largest absolute Gasteiger partial charge is 0.491 e. The highest BCUT2D eigenvalue weighted by Crippen LogP contribution is 2.32. The molecule has 0 aromatic heterocycles. The van der Waals surface area contributed by atoms with Crippen LogP contribution in [0.5, 0.6) is 5.75 Å². The molecular weight excluding hydrogens is 356 g/mol. The van der Waals surface area contributed by atoms with Crippen LogP contribution >= 0.6 is 0 Å². The summed E-state index contributed by atoms with van der Waals surface area (Å²) < 4.78 is 36.5. The number of methoxy groups -OCH3 is 1. The minimum absolute atomic E-state index is 0.0307. The quantitative estimate of drug-likeness (QED) is 0.743. The van der Waals surface area contributed by atoms with Crippen LogP contribution in [0.1, 0.15) is 30.9 Å². The summed E-state index contributed by atoms with van der Waals surface area (Å²) in [6, 6.07) is 5.76. The molecule has 0 N–H and O–H groups in total. The van der Waals surface area contributed by atoms with Gasteiger partial charge in [0.15, 0.2) is 0 Å². The lowest BCUT2D eigenvalue weighted by Crippen LogP contribution is -2.41. The molecule has 1 aliphatic heterocycles. The summed E-state index contributed by atoms with van der Waals surface area (Å²) in [5, 5.41) is 0. The van der Waals surface area contributed by atoms with Gasteiger partial charge < -0.3 is 14.4 Å². The van der Waals surface area contributed by atoms with E-state index in [1.165, 1.54) is 13.4 Å². The SMILES string of the molecule is COCC(=O)N1Cc2cc(CN(C3CC3)S(C)(=O)=O)ccc2OC[C@@H]1C. The summed E-state index contributed by atoms with van der Waals surface area (Å²) in [4.78, 5) is 14.1. The van der Waals surface area contributed by atoms with Crippen molar-refractivity contribution >= 4 is 15.9 Å². The van der Waals surface area contributed by atoms with Crippen molar-refractivity contribution in [3.05, 3.63) is 29.3 Å². The molecule has 0 bridgehead atoms. The van der Waals surface area contributed by atoms with Crippen molar-refractivity contribution in [2.24, 2.45) is 0 Å². The molecule has 1 atom stereocenters.